The van der Waals surface area contributed by atoms with Gasteiger partial charge in [0.1, 0.15) is 0 Å². The van der Waals surface area contributed by atoms with Crippen molar-refractivity contribution in [1.82, 2.24) is 25.3 Å². The van der Waals surface area contributed by atoms with E-state index in [0.29, 0.717) is 19.6 Å². The fourth-order valence-corrected chi connectivity index (χ4v) is 4.06. The number of carbonyl (C=O) groups is 2. The van der Waals surface area contributed by atoms with E-state index in [1.807, 2.05) is 36.9 Å². The zero-order chi connectivity index (χ0) is 20.6. The largest absolute Gasteiger partial charge is 0.353 e. The standard InChI is InChI=1S/C22H35N5O2/c1-18(2)23-21(28)17-26-12-14-27(15-13-26)22(29)24-20(16-25-10-6-7-11-25)19-8-4-3-5-9-19/h3-5,8-9,18,20H,6-7,10-17H2,1-2H3,(H,23,28)(H,24,29). The summed E-state index contributed by atoms with van der Waals surface area (Å²) in [4.78, 5) is 31.3. The summed E-state index contributed by atoms with van der Waals surface area (Å²) in [5.41, 5.74) is 1.15. The molecule has 0 aliphatic carbocycles. The van der Waals surface area contributed by atoms with Crippen LogP contribution in [0, 0.1) is 0 Å². The SMILES string of the molecule is CC(C)NC(=O)CN1CCN(C(=O)NC(CN2CCCC2)c2ccccc2)CC1. The third-order valence-corrected chi connectivity index (χ3v) is 5.62. The molecule has 0 radical (unpaired) electrons. The van der Waals surface area contributed by atoms with E-state index in [-0.39, 0.29) is 24.0 Å². The second-order valence-corrected chi connectivity index (χ2v) is 8.41. The van der Waals surface area contributed by atoms with E-state index < -0.39 is 0 Å². The smallest absolute Gasteiger partial charge is 0.318 e. The molecule has 0 aromatic heterocycles. The first-order valence-electron chi connectivity index (χ1n) is 10.9. The van der Waals surface area contributed by atoms with Crippen molar-refractivity contribution >= 4 is 11.9 Å². The first-order valence-corrected chi connectivity index (χ1v) is 10.9. The van der Waals surface area contributed by atoms with Gasteiger partial charge in [-0.25, -0.2) is 4.79 Å². The average molecular weight is 402 g/mol. The Labute approximate surface area is 174 Å². The molecule has 2 heterocycles. The van der Waals surface area contributed by atoms with Crippen LogP contribution in [0.1, 0.15) is 38.3 Å². The molecule has 0 bridgehead atoms. The van der Waals surface area contributed by atoms with Crippen LogP contribution in [0.3, 0.4) is 0 Å². The molecule has 1 unspecified atom stereocenters. The summed E-state index contributed by atoms with van der Waals surface area (Å²) in [5, 5.41) is 6.18. The van der Waals surface area contributed by atoms with Crippen LogP contribution < -0.4 is 10.6 Å². The number of piperazine rings is 1. The van der Waals surface area contributed by atoms with Gasteiger partial charge in [0.05, 0.1) is 12.6 Å². The molecule has 0 saturated carbocycles. The van der Waals surface area contributed by atoms with Gasteiger partial charge in [-0.3, -0.25) is 9.69 Å². The second kappa shape index (κ2) is 10.6. The minimum Gasteiger partial charge on any atom is -0.353 e. The van der Waals surface area contributed by atoms with Crippen molar-refractivity contribution in [2.75, 3.05) is 52.4 Å². The molecular formula is C22H35N5O2. The monoisotopic (exact) mass is 401 g/mol. The van der Waals surface area contributed by atoms with Crippen molar-refractivity contribution < 1.29 is 9.59 Å². The van der Waals surface area contributed by atoms with Crippen molar-refractivity contribution in [1.29, 1.82) is 0 Å². The van der Waals surface area contributed by atoms with Gasteiger partial charge in [0, 0.05) is 38.8 Å². The summed E-state index contributed by atoms with van der Waals surface area (Å²) in [6, 6.07) is 10.4. The molecule has 2 fully saturated rings. The lowest BCUT2D eigenvalue weighted by molar-refractivity contribution is -0.123. The van der Waals surface area contributed by atoms with Crippen LogP contribution in [0.5, 0.6) is 0 Å². The number of nitrogens with one attached hydrogen (secondary N) is 2. The van der Waals surface area contributed by atoms with Crippen LogP contribution in [-0.2, 0) is 4.79 Å². The number of benzene rings is 1. The van der Waals surface area contributed by atoms with Crippen LogP contribution in [0.4, 0.5) is 4.79 Å². The summed E-state index contributed by atoms with van der Waals surface area (Å²) in [5.74, 6) is 0.0488. The molecule has 2 aliphatic rings. The number of urea groups is 1. The van der Waals surface area contributed by atoms with E-state index in [9.17, 15) is 9.59 Å². The highest BCUT2D eigenvalue weighted by Crippen LogP contribution is 2.18. The molecule has 29 heavy (non-hydrogen) atoms. The quantitative estimate of drug-likeness (QED) is 0.729. The van der Waals surface area contributed by atoms with Gasteiger partial charge in [0.15, 0.2) is 0 Å². The highest BCUT2D eigenvalue weighted by Gasteiger charge is 2.26. The molecule has 2 saturated heterocycles. The molecule has 2 N–H and O–H groups in total. The van der Waals surface area contributed by atoms with E-state index >= 15 is 0 Å². The second-order valence-electron chi connectivity index (χ2n) is 8.41. The van der Waals surface area contributed by atoms with Gasteiger partial charge < -0.3 is 20.4 Å². The van der Waals surface area contributed by atoms with Gasteiger partial charge >= 0.3 is 6.03 Å². The highest BCUT2D eigenvalue weighted by atomic mass is 16.2. The Balaban J connectivity index is 1.51. The Morgan fingerprint density at radius 3 is 2.17 bits per heavy atom. The highest BCUT2D eigenvalue weighted by molar-refractivity contribution is 5.78. The number of hydrogen-bond acceptors (Lipinski definition) is 4. The molecule has 160 valence electrons. The molecule has 0 spiro atoms. The first kappa shape index (κ1) is 21.6. The van der Waals surface area contributed by atoms with Crippen LogP contribution in [-0.4, -0.2) is 85.0 Å². The number of carbonyl (C=O) groups excluding carboxylic acids is 2. The molecular weight excluding hydrogens is 366 g/mol. The van der Waals surface area contributed by atoms with E-state index in [2.05, 4.69) is 32.6 Å². The Hall–Kier alpha value is -2.12. The molecule has 7 nitrogen and oxygen atoms in total. The number of nitrogens with zero attached hydrogens (tertiary/aromatic N) is 3. The van der Waals surface area contributed by atoms with Crippen molar-refractivity contribution in [2.24, 2.45) is 0 Å². The fraction of sp³-hybridized carbons (Fsp3) is 0.636. The Kier molecular flexibility index (Phi) is 7.89. The van der Waals surface area contributed by atoms with Gasteiger partial charge in [-0.05, 0) is 45.3 Å². The molecule has 3 rings (SSSR count). The van der Waals surface area contributed by atoms with E-state index in [0.717, 1.165) is 38.3 Å². The van der Waals surface area contributed by atoms with Crippen molar-refractivity contribution in [2.45, 2.75) is 38.8 Å². The molecule has 1 aromatic rings. The minimum absolute atomic E-state index is 0.00310. The summed E-state index contributed by atoms with van der Waals surface area (Å²) in [6.45, 7) is 10.1. The topological polar surface area (TPSA) is 67.9 Å². The summed E-state index contributed by atoms with van der Waals surface area (Å²) in [6.07, 6.45) is 2.48. The molecule has 7 heteroatoms. The zero-order valence-electron chi connectivity index (χ0n) is 17.8. The summed E-state index contributed by atoms with van der Waals surface area (Å²) in [7, 11) is 0. The third kappa shape index (κ3) is 6.72. The minimum atomic E-state index is -0.00988. The van der Waals surface area contributed by atoms with Crippen LogP contribution in [0.25, 0.3) is 0 Å². The Morgan fingerprint density at radius 1 is 0.897 bits per heavy atom. The summed E-state index contributed by atoms with van der Waals surface area (Å²) >= 11 is 0. The van der Waals surface area contributed by atoms with Crippen LogP contribution >= 0.6 is 0 Å². The summed E-state index contributed by atoms with van der Waals surface area (Å²) < 4.78 is 0. The van der Waals surface area contributed by atoms with E-state index in [4.69, 9.17) is 0 Å². The van der Waals surface area contributed by atoms with Crippen molar-refractivity contribution in [3.8, 4) is 0 Å². The van der Waals surface area contributed by atoms with Crippen molar-refractivity contribution in [3.63, 3.8) is 0 Å². The van der Waals surface area contributed by atoms with Gasteiger partial charge in [-0.15, -0.1) is 0 Å². The molecule has 2 aliphatic heterocycles. The van der Waals surface area contributed by atoms with Gasteiger partial charge in [0.25, 0.3) is 0 Å². The normalized spacial score (nSPS) is 19.3. The molecule has 1 aromatic carbocycles. The lowest BCUT2D eigenvalue weighted by Gasteiger charge is -2.35. The molecule has 1 atom stereocenters. The van der Waals surface area contributed by atoms with Gasteiger partial charge in [0.2, 0.25) is 5.91 Å². The Morgan fingerprint density at radius 2 is 1.55 bits per heavy atom. The number of likely N-dealkylation sites (tertiary alicyclic amines) is 1. The number of rotatable bonds is 7. The van der Waals surface area contributed by atoms with E-state index in [1.54, 1.807) is 0 Å². The number of amides is 3. The van der Waals surface area contributed by atoms with Gasteiger partial charge in [-0.1, -0.05) is 30.3 Å². The van der Waals surface area contributed by atoms with Crippen LogP contribution in [0.2, 0.25) is 0 Å². The van der Waals surface area contributed by atoms with Gasteiger partial charge in [-0.2, -0.15) is 0 Å². The maximum Gasteiger partial charge on any atom is 0.318 e. The maximum atomic E-state index is 12.9. The zero-order valence-corrected chi connectivity index (χ0v) is 17.8. The predicted octanol–water partition coefficient (Wildman–Crippen LogP) is 1.68. The number of hydrogen-bond donors (Lipinski definition) is 2. The predicted molar refractivity (Wildman–Crippen MR) is 115 cm³/mol. The van der Waals surface area contributed by atoms with Crippen LogP contribution in [0.15, 0.2) is 30.3 Å². The third-order valence-electron chi connectivity index (χ3n) is 5.62. The molecule has 3 amide bonds. The van der Waals surface area contributed by atoms with E-state index in [1.165, 1.54) is 12.8 Å². The fourth-order valence-electron chi connectivity index (χ4n) is 4.06. The van der Waals surface area contributed by atoms with Crippen molar-refractivity contribution in [3.05, 3.63) is 35.9 Å². The first-order chi connectivity index (χ1) is 14.0. The Bertz CT molecular complexity index is 652. The lowest BCUT2D eigenvalue weighted by atomic mass is 10.1. The average Bonchev–Trinajstić information content (AvgIpc) is 3.21. The lowest BCUT2D eigenvalue weighted by Crippen LogP contribution is -2.54. The maximum absolute atomic E-state index is 12.9.